The van der Waals surface area contributed by atoms with Gasteiger partial charge in [0.2, 0.25) is 5.76 Å². The molecule has 0 fully saturated rings. The minimum atomic E-state index is -3.31. The van der Waals surface area contributed by atoms with Gasteiger partial charge < -0.3 is 9.47 Å². The van der Waals surface area contributed by atoms with E-state index < -0.39 is 21.4 Å². The third-order valence-corrected chi connectivity index (χ3v) is 5.92. The van der Waals surface area contributed by atoms with Crippen LogP contribution < -0.4 is 4.74 Å². The lowest BCUT2D eigenvalue weighted by Crippen LogP contribution is -2.26. The van der Waals surface area contributed by atoms with E-state index in [4.69, 9.17) is 21.1 Å². The monoisotopic (exact) mass is 406 g/mol. The highest BCUT2D eigenvalue weighted by Crippen LogP contribution is 2.42. The second-order valence-electron chi connectivity index (χ2n) is 6.53. The summed E-state index contributed by atoms with van der Waals surface area (Å²) in [5, 5.41) is 0.556. The molecule has 0 N–H and O–H groups in total. The summed E-state index contributed by atoms with van der Waals surface area (Å²) >= 11 is 5.89. The highest BCUT2D eigenvalue weighted by atomic mass is 35.5. The van der Waals surface area contributed by atoms with E-state index in [0.717, 1.165) is 6.26 Å². The van der Waals surface area contributed by atoms with Gasteiger partial charge >= 0.3 is 5.97 Å². The molecule has 0 bridgehead atoms. The van der Waals surface area contributed by atoms with Crippen molar-refractivity contribution in [1.82, 2.24) is 0 Å². The maximum absolute atomic E-state index is 12.5. The van der Waals surface area contributed by atoms with Crippen molar-refractivity contribution >= 4 is 33.0 Å². The van der Waals surface area contributed by atoms with Gasteiger partial charge in [-0.05, 0) is 55.3 Å². The number of halogens is 1. The number of ether oxygens (including phenoxy) is 2. The Bertz CT molecular complexity index is 1010. The van der Waals surface area contributed by atoms with Crippen LogP contribution in [-0.2, 0) is 19.4 Å². The molecule has 0 amide bonds. The van der Waals surface area contributed by atoms with Crippen molar-refractivity contribution in [3.63, 3.8) is 0 Å². The second kappa shape index (κ2) is 7.02. The Morgan fingerprint density at radius 2 is 1.67 bits per heavy atom. The van der Waals surface area contributed by atoms with Crippen molar-refractivity contribution in [1.29, 1.82) is 0 Å². The summed E-state index contributed by atoms with van der Waals surface area (Å²) in [5.41, 5.74) is 0.386. The van der Waals surface area contributed by atoms with Gasteiger partial charge in [0.25, 0.3) is 0 Å². The Morgan fingerprint density at radius 3 is 2.19 bits per heavy atom. The number of carbonyl (C=O) groups is 1. The Morgan fingerprint density at radius 1 is 1.07 bits per heavy atom. The van der Waals surface area contributed by atoms with Crippen LogP contribution in [-0.4, -0.2) is 26.2 Å². The molecule has 0 radical (unpaired) electrons. The molecule has 27 heavy (non-hydrogen) atoms. The highest BCUT2D eigenvalue weighted by molar-refractivity contribution is 7.90. The molecule has 1 unspecified atom stereocenters. The average molecular weight is 407 g/mol. The average Bonchev–Trinajstić information content (AvgIpc) is 2.87. The predicted octanol–water partition coefficient (Wildman–Crippen LogP) is 4.26. The molecule has 2 aromatic carbocycles. The van der Waals surface area contributed by atoms with E-state index in [0.29, 0.717) is 28.3 Å². The number of hydrogen-bond acceptors (Lipinski definition) is 5. The van der Waals surface area contributed by atoms with Crippen LogP contribution in [0.4, 0.5) is 0 Å². The summed E-state index contributed by atoms with van der Waals surface area (Å²) in [7, 11) is -3.31. The Kier molecular flexibility index (Phi) is 5.06. The van der Waals surface area contributed by atoms with Gasteiger partial charge in [-0.15, -0.1) is 0 Å². The first-order valence-electron chi connectivity index (χ1n) is 8.36. The largest absolute Gasteiger partial charge is 0.449 e. The van der Waals surface area contributed by atoms with E-state index >= 15 is 0 Å². The molecule has 1 aliphatic heterocycles. The fourth-order valence-electron chi connectivity index (χ4n) is 2.91. The first-order chi connectivity index (χ1) is 12.6. The van der Waals surface area contributed by atoms with Crippen LogP contribution in [0.5, 0.6) is 5.75 Å². The lowest BCUT2D eigenvalue weighted by molar-refractivity contribution is -0.147. The molecule has 0 aromatic heterocycles. The summed E-state index contributed by atoms with van der Waals surface area (Å²) in [5.74, 6) is -0.0118. The normalized spacial score (nSPS) is 19.9. The highest BCUT2D eigenvalue weighted by Gasteiger charge is 2.45. The number of rotatable bonds is 5. The van der Waals surface area contributed by atoms with Crippen LogP contribution in [0.1, 0.15) is 25.8 Å². The zero-order chi connectivity index (χ0) is 19.8. The Balaban J connectivity index is 2.10. The number of sulfone groups is 1. The summed E-state index contributed by atoms with van der Waals surface area (Å²) in [6.45, 7) is 3.71. The van der Waals surface area contributed by atoms with Gasteiger partial charge in [0.1, 0.15) is 11.4 Å². The van der Waals surface area contributed by atoms with Gasteiger partial charge in [0.15, 0.2) is 9.84 Å². The minimum absolute atomic E-state index is 0.0915. The standard InChI is InChI=1S/C20H19ClO5S/c1-4-20(2)17(13-5-11-16(12-6-13)27(3,23)24)18(19(22)26-20)25-15-9-7-14(21)8-10-15/h5-12H,4H2,1-3H3. The molecular weight excluding hydrogens is 388 g/mol. The van der Waals surface area contributed by atoms with E-state index in [1.165, 1.54) is 12.1 Å². The number of cyclic esters (lactones) is 1. The molecule has 0 saturated heterocycles. The van der Waals surface area contributed by atoms with E-state index in [2.05, 4.69) is 0 Å². The topological polar surface area (TPSA) is 69.7 Å². The summed E-state index contributed by atoms with van der Waals surface area (Å²) in [6, 6.07) is 13.0. The molecule has 1 heterocycles. The first kappa shape index (κ1) is 19.5. The number of benzene rings is 2. The van der Waals surface area contributed by atoms with E-state index in [1.54, 1.807) is 36.4 Å². The van der Waals surface area contributed by atoms with Crippen molar-refractivity contribution in [3.05, 3.63) is 64.9 Å². The number of esters is 1. The lowest BCUT2D eigenvalue weighted by Gasteiger charge is -2.24. The second-order valence-corrected chi connectivity index (χ2v) is 8.98. The van der Waals surface area contributed by atoms with Crippen molar-refractivity contribution in [2.75, 3.05) is 6.26 Å². The van der Waals surface area contributed by atoms with Crippen LogP contribution >= 0.6 is 11.6 Å². The summed E-state index contributed by atoms with van der Waals surface area (Å²) in [4.78, 5) is 12.7. The van der Waals surface area contributed by atoms with Gasteiger partial charge in [-0.3, -0.25) is 0 Å². The first-order valence-corrected chi connectivity index (χ1v) is 10.6. The number of carbonyl (C=O) groups excluding carboxylic acids is 1. The molecule has 0 saturated carbocycles. The maximum atomic E-state index is 12.5. The van der Waals surface area contributed by atoms with Gasteiger partial charge in [0, 0.05) is 11.3 Å². The molecule has 0 spiro atoms. The van der Waals surface area contributed by atoms with Crippen molar-refractivity contribution in [3.8, 4) is 5.75 Å². The lowest BCUT2D eigenvalue weighted by atomic mass is 9.88. The fraction of sp³-hybridized carbons (Fsp3) is 0.250. The van der Waals surface area contributed by atoms with Crippen molar-refractivity contribution in [2.45, 2.75) is 30.8 Å². The quantitative estimate of drug-likeness (QED) is 0.694. The Labute approximate surface area is 163 Å². The molecule has 0 aliphatic carbocycles. The van der Waals surface area contributed by atoms with Gasteiger partial charge in [-0.25, -0.2) is 13.2 Å². The molecule has 2 aromatic rings. The van der Waals surface area contributed by atoms with Gasteiger partial charge in [0.05, 0.1) is 10.5 Å². The molecule has 1 atom stereocenters. The molecular formula is C20H19ClO5S. The van der Waals surface area contributed by atoms with Gasteiger partial charge in [-0.1, -0.05) is 30.7 Å². The summed E-state index contributed by atoms with van der Waals surface area (Å²) < 4.78 is 34.8. The van der Waals surface area contributed by atoms with Gasteiger partial charge in [-0.2, -0.15) is 0 Å². The fourth-order valence-corrected chi connectivity index (χ4v) is 3.67. The third kappa shape index (κ3) is 3.87. The minimum Gasteiger partial charge on any atom is -0.449 e. The van der Waals surface area contributed by atoms with Crippen LogP contribution in [0.15, 0.2) is 59.2 Å². The van der Waals surface area contributed by atoms with E-state index in [1.807, 2.05) is 13.8 Å². The molecule has 5 nitrogen and oxygen atoms in total. The zero-order valence-corrected chi connectivity index (χ0v) is 16.7. The van der Waals surface area contributed by atoms with E-state index in [-0.39, 0.29) is 10.7 Å². The van der Waals surface area contributed by atoms with Crippen LogP contribution in [0.3, 0.4) is 0 Å². The SMILES string of the molecule is CCC1(C)OC(=O)C(Oc2ccc(Cl)cc2)=C1c1ccc(S(C)(=O)=O)cc1. The molecule has 1 aliphatic rings. The van der Waals surface area contributed by atoms with Crippen LogP contribution in [0.25, 0.3) is 5.57 Å². The smallest absolute Gasteiger partial charge is 0.375 e. The zero-order valence-electron chi connectivity index (χ0n) is 15.2. The third-order valence-electron chi connectivity index (χ3n) is 4.54. The molecule has 142 valence electrons. The molecule has 7 heteroatoms. The van der Waals surface area contributed by atoms with Crippen LogP contribution in [0.2, 0.25) is 5.02 Å². The van der Waals surface area contributed by atoms with Crippen molar-refractivity contribution in [2.24, 2.45) is 0 Å². The van der Waals surface area contributed by atoms with Crippen LogP contribution in [0, 0.1) is 0 Å². The number of hydrogen-bond donors (Lipinski definition) is 0. The Hall–Kier alpha value is -2.31. The maximum Gasteiger partial charge on any atom is 0.375 e. The predicted molar refractivity (Wildman–Crippen MR) is 103 cm³/mol. The van der Waals surface area contributed by atoms with Crippen molar-refractivity contribution < 1.29 is 22.7 Å². The summed E-state index contributed by atoms with van der Waals surface area (Å²) in [6.07, 6.45) is 1.68. The van der Waals surface area contributed by atoms with E-state index in [9.17, 15) is 13.2 Å². The molecule has 3 rings (SSSR count).